The van der Waals surface area contributed by atoms with E-state index in [4.69, 9.17) is 15.2 Å². The van der Waals surface area contributed by atoms with E-state index in [1.54, 1.807) is 14.2 Å². The van der Waals surface area contributed by atoms with E-state index in [0.29, 0.717) is 12.0 Å². The summed E-state index contributed by atoms with van der Waals surface area (Å²) in [6, 6.07) is 0.300. The number of ether oxygens (including phenoxy) is 2. The van der Waals surface area contributed by atoms with Crippen LogP contribution in [-0.4, -0.2) is 58.0 Å². The molecule has 4 nitrogen and oxygen atoms in total. The third-order valence-electron chi connectivity index (χ3n) is 4.52. The number of nitrogens with two attached hydrogens (primary N) is 1. The average Bonchev–Trinajstić information content (AvgIpc) is 2.37. The van der Waals surface area contributed by atoms with Gasteiger partial charge in [0.05, 0.1) is 13.2 Å². The first kappa shape index (κ1) is 16.9. The first-order chi connectivity index (χ1) is 9.01. The molecule has 1 fully saturated rings. The van der Waals surface area contributed by atoms with Crippen LogP contribution in [0.1, 0.15) is 33.1 Å². The van der Waals surface area contributed by atoms with Gasteiger partial charge in [0.15, 0.2) is 0 Å². The maximum atomic E-state index is 6.47. The molecule has 0 heterocycles. The smallest absolute Gasteiger partial charge is 0.0589 e. The van der Waals surface area contributed by atoms with E-state index in [1.165, 1.54) is 19.3 Å². The number of nitrogens with zero attached hydrogens (tertiary/aromatic N) is 1. The fraction of sp³-hybridized carbons (Fsp3) is 1.00. The van der Waals surface area contributed by atoms with Crippen molar-refractivity contribution in [1.29, 1.82) is 0 Å². The predicted molar refractivity (Wildman–Crippen MR) is 79.3 cm³/mol. The lowest BCUT2D eigenvalue weighted by molar-refractivity contribution is 0.0696. The Bertz CT molecular complexity index is 238. The zero-order valence-electron chi connectivity index (χ0n) is 13.2. The van der Waals surface area contributed by atoms with Gasteiger partial charge in [-0.1, -0.05) is 20.3 Å². The molecule has 4 heteroatoms. The van der Waals surface area contributed by atoms with Crippen molar-refractivity contribution < 1.29 is 9.47 Å². The molecule has 0 aromatic heterocycles. The van der Waals surface area contributed by atoms with Crippen LogP contribution < -0.4 is 5.73 Å². The van der Waals surface area contributed by atoms with Gasteiger partial charge < -0.3 is 15.2 Å². The number of hydrogen-bond acceptors (Lipinski definition) is 4. The van der Waals surface area contributed by atoms with Crippen LogP contribution in [0.3, 0.4) is 0 Å². The second-order valence-corrected chi connectivity index (χ2v) is 6.45. The Balaban J connectivity index is 2.51. The molecule has 0 aromatic rings. The third-order valence-corrected chi connectivity index (χ3v) is 4.52. The SMILES string of the molecule is COCCN(CCOC)CC1CCCC(C)(C)C1N. The number of rotatable bonds is 8. The molecule has 0 aromatic carbocycles. The molecule has 1 aliphatic rings. The Hall–Kier alpha value is -0.160. The number of hydrogen-bond donors (Lipinski definition) is 1. The van der Waals surface area contributed by atoms with Gasteiger partial charge in [0.2, 0.25) is 0 Å². The van der Waals surface area contributed by atoms with Crippen LogP contribution in [0.4, 0.5) is 0 Å². The average molecular weight is 272 g/mol. The molecule has 19 heavy (non-hydrogen) atoms. The zero-order valence-corrected chi connectivity index (χ0v) is 13.2. The largest absolute Gasteiger partial charge is 0.383 e. The minimum atomic E-state index is 0.275. The second kappa shape index (κ2) is 8.20. The van der Waals surface area contributed by atoms with Crippen LogP contribution in [0.5, 0.6) is 0 Å². The second-order valence-electron chi connectivity index (χ2n) is 6.45. The monoisotopic (exact) mass is 272 g/mol. The summed E-state index contributed by atoms with van der Waals surface area (Å²) >= 11 is 0. The van der Waals surface area contributed by atoms with Gasteiger partial charge in [0.1, 0.15) is 0 Å². The van der Waals surface area contributed by atoms with Crippen LogP contribution in [0, 0.1) is 11.3 Å². The molecule has 114 valence electrons. The Morgan fingerprint density at radius 3 is 2.26 bits per heavy atom. The Morgan fingerprint density at radius 2 is 1.74 bits per heavy atom. The van der Waals surface area contributed by atoms with Crippen LogP contribution in [0.2, 0.25) is 0 Å². The summed E-state index contributed by atoms with van der Waals surface area (Å²) in [6.07, 6.45) is 3.80. The van der Waals surface area contributed by atoms with Crippen LogP contribution >= 0.6 is 0 Å². The van der Waals surface area contributed by atoms with Gasteiger partial charge >= 0.3 is 0 Å². The minimum Gasteiger partial charge on any atom is -0.383 e. The van der Waals surface area contributed by atoms with E-state index in [-0.39, 0.29) is 5.41 Å². The molecule has 1 saturated carbocycles. The van der Waals surface area contributed by atoms with Gasteiger partial charge in [-0.25, -0.2) is 0 Å². The molecular formula is C15H32N2O2. The van der Waals surface area contributed by atoms with E-state index < -0.39 is 0 Å². The normalized spacial score (nSPS) is 26.8. The van der Waals surface area contributed by atoms with Gasteiger partial charge in [0, 0.05) is 39.9 Å². The Labute approximate surface area is 118 Å². The third kappa shape index (κ3) is 5.38. The van der Waals surface area contributed by atoms with E-state index in [0.717, 1.165) is 32.8 Å². The summed E-state index contributed by atoms with van der Waals surface area (Å²) in [4.78, 5) is 2.43. The van der Waals surface area contributed by atoms with E-state index in [9.17, 15) is 0 Å². The molecule has 2 unspecified atom stereocenters. The first-order valence-corrected chi connectivity index (χ1v) is 7.47. The summed E-state index contributed by atoms with van der Waals surface area (Å²) in [5, 5.41) is 0. The predicted octanol–water partition coefficient (Wildman–Crippen LogP) is 1.73. The van der Waals surface area contributed by atoms with Gasteiger partial charge in [-0.15, -0.1) is 0 Å². The van der Waals surface area contributed by atoms with E-state index >= 15 is 0 Å². The molecule has 0 amide bonds. The summed E-state index contributed by atoms with van der Waals surface area (Å²) in [5.41, 5.74) is 6.75. The van der Waals surface area contributed by atoms with E-state index in [2.05, 4.69) is 18.7 Å². The Kier molecular flexibility index (Phi) is 7.29. The van der Waals surface area contributed by atoms with Gasteiger partial charge in [-0.2, -0.15) is 0 Å². The Morgan fingerprint density at radius 1 is 1.16 bits per heavy atom. The molecular weight excluding hydrogens is 240 g/mol. The van der Waals surface area contributed by atoms with Crippen molar-refractivity contribution in [1.82, 2.24) is 4.90 Å². The number of methoxy groups -OCH3 is 2. The maximum Gasteiger partial charge on any atom is 0.0589 e. The fourth-order valence-electron chi connectivity index (χ4n) is 3.08. The van der Waals surface area contributed by atoms with Crippen molar-refractivity contribution in [3.8, 4) is 0 Å². The van der Waals surface area contributed by atoms with E-state index in [1.807, 2.05) is 0 Å². The molecule has 1 aliphatic carbocycles. The summed E-state index contributed by atoms with van der Waals surface area (Å²) < 4.78 is 10.4. The molecule has 0 saturated heterocycles. The molecule has 0 aliphatic heterocycles. The molecule has 0 spiro atoms. The van der Waals surface area contributed by atoms with Crippen molar-refractivity contribution in [2.75, 3.05) is 47.1 Å². The van der Waals surface area contributed by atoms with Crippen molar-refractivity contribution in [3.63, 3.8) is 0 Å². The summed E-state index contributed by atoms with van der Waals surface area (Å²) in [7, 11) is 3.51. The highest BCUT2D eigenvalue weighted by atomic mass is 16.5. The summed E-state index contributed by atoms with van der Waals surface area (Å²) in [6.45, 7) is 9.14. The summed E-state index contributed by atoms with van der Waals surface area (Å²) in [5.74, 6) is 0.595. The van der Waals surface area contributed by atoms with Crippen molar-refractivity contribution >= 4 is 0 Å². The van der Waals surface area contributed by atoms with Gasteiger partial charge in [-0.05, 0) is 24.2 Å². The van der Waals surface area contributed by atoms with Crippen molar-refractivity contribution in [2.24, 2.45) is 17.1 Å². The lowest BCUT2D eigenvalue weighted by Gasteiger charge is -2.43. The lowest BCUT2D eigenvalue weighted by atomic mass is 9.68. The lowest BCUT2D eigenvalue weighted by Crippen LogP contribution is -2.50. The standard InChI is InChI=1S/C15H32N2O2/c1-15(2)7-5-6-13(14(15)16)12-17(8-10-18-3)9-11-19-4/h13-14H,5-12,16H2,1-4H3. The molecule has 2 N–H and O–H groups in total. The van der Waals surface area contributed by atoms with Gasteiger partial charge in [-0.3, -0.25) is 4.90 Å². The highest BCUT2D eigenvalue weighted by molar-refractivity contribution is 4.92. The quantitative estimate of drug-likeness (QED) is 0.731. The molecule has 2 atom stereocenters. The topological polar surface area (TPSA) is 47.7 Å². The zero-order chi connectivity index (χ0) is 14.3. The highest BCUT2D eigenvalue weighted by Gasteiger charge is 2.36. The fourth-order valence-corrected chi connectivity index (χ4v) is 3.08. The van der Waals surface area contributed by atoms with Crippen LogP contribution in [0.25, 0.3) is 0 Å². The highest BCUT2D eigenvalue weighted by Crippen LogP contribution is 2.37. The minimum absolute atomic E-state index is 0.275. The maximum absolute atomic E-state index is 6.47. The van der Waals surface area contributed by atoms with Crippen molar-refractivity contribution in [2.45, 2.75) is 39.2 Å². The van der Waals surface area contributed by atoms with Crippen LogP contribution in [0.15, 0.2) is 0 Å². The molecule has 0 radical (unpaired) electrons. The molecule has 1 rings (SSSR count). The molecule has 0 bridgehead atoms. The first-order valence-electron chi connectivity index (χ1n) is 7.47. The van der Waals surface area contributed by atoms with Gasteiger partial charge in [0.25, 0.3) is 0 Å². The van der Waals surface area contributed by atoms with Crippen molar-refractivity contribution in [3.05, 3.63) is 0 Å². The van der Waals surface area contributed by atoms with Crippen LogP contribution in [-0.2, 0) is 9.47 Å².